The third kappa shape index (κ3) is 3.39. The molecule has 0 radical (unpaired) electrons. The first kappa shape index (κ1) is 16.8. The van der Waals surface area contributed by atoms with E-state index < -0.39 is 0 Å². The second-order valence-corrected chi connectivity index (χ2v) is 6.23. The fourth-order valence-electron chi connectivity index (χ4n) is 3.48. The molecule has 0 unspecified atom stereocenters. The molecule has 1 atom stereocenters. The molecule has 2 aromatic rings. The molecule has 0 fully saturated rings. The molecule has 0 N–H and O–H groups in total. The number of hydrogen-bond donors (Lipinski definition) is 0. The van der Waals surface area contributed by atoms with Crippen molar-refractivity contribution in [2.45, 2.75) is 19.0 Å². The minimum absolute atomic E-state index is 0.332. The zero-order valence-electron chi connectivity index (χ0n) is 14.8. The molecule has 0 saturated carbocycles. The van der Waals surface area contributed by atoms with Crippen LogP contribution in [0.15, 0.2) is 24.5 Å². The van der Waals surface area contributed by atoms with Crippen molar-refractivity contribution in [3.05, 3.63) is 41.5 Å². The van der Waals surface area contributed by atoms with Crippen LogP contribution in [-0.2, 0) is 24.9 Å². The number of rotatable bonds is 6. The zero-order chi connectivity index (χ0) is 17.1. The van der Waals surface area contributed by atoms with Gasteiger partial charge >= 0.3 is 0 Å². The fraction of sp³-hybridized carbons (Fsp3) is 0.500. The minimum atomic E-state index is 0.332. The molecule has 0 aliphatic carbocycles. The number of methoxy groups -OCH3 is 3. The molecular formula is C18H25N3O3. The molecule has 3 rings (SSSR count). The van der Waals surface area contributed by atoms with Gasteiger partial charge in [-0.1, -0.05) is 0 Å². The lowest BCUT2D eigenvalue weighted by atomic mass is 9.98. The predicted octanol–water partition coefficient (Wildman–Crippen LogP) is 2.18. The molecule has 6 nitrogen and oxygen atoms in total. The standard InChI is InChI=1S/C18H25N3O3/c1-20-12-19-17-10-21(9-14(11-22-2)18(17)20)8-13-5-15(23-3)7-16(6-13)24-4/h5-7,12,14H,8-11H2,1-4H3/t14-/m1/s1. The van der Waals surface area contributed by atoms with Crippen LogP contribution in [0.4, 0.5) is 0 Å². The number of aromatic nitrogens is 2. The first-order valence-electron chi connectivity index (χ1n) is 8.08. The van der Waals surface area contributed by atoms with Crippen LogP contribution in [0.25, 0.3) is 0 Å². The van der Waals surface area contributed by atoms with Crippen molar-refractivity contribution in [1.82, 2.24) is 14.5 Å². The maximum Gasteiger partial charge on any atom is 0.122 e. The molecule has 6 heteroatoms. The van der Waals surface area contributed by atoms with E-state index in [1.54, 1.807) is 21.3 Å². The van der Waals surface area contributed by atoms with Gasteiger partial charge in [-0.25, -0.2) is 4.98 Å². The van der Waals surface area contributed by atoms with Crippen LogP contribution in [0.5, 0.6) is 11.5 Å². The summed E-state index contributed by atoms with van der Waals surface area (Å²) in [6, 6.07) is 6.01. The topological polar surface area (TPSA) is 48.8 Å². The van der Waals surface area contributed by atoms with E-state index in [1.807, 2.05) is 12.4 Å². The highest BCUT2D eigenvalue weighted by Gasteiger charge is 2.29. The van der Waals surface area contributed by atoms with Gasteiger partial charge in [0.1, 0.15) is 11.5 Å². The molecule has 1 aliphatic rings. The van der Waals surface area contributed by atoms with Crippen LogP contribution >= 0.6 is 0 Å². The van der Waals surface area contributed by atoms with E-state index in [9.17, 15) is 0 Å². The highest BCUT2D eigenvalue weighted by Crippen LogP contribution is 2.30. The summed E-state index contributed by atoms with van der Waals surface area (Å²) < 4.78 is 18.3. The second kappa shape index (κ2) is 7.23. The van der Waals surface area contributed by atoms with Gasteiger partial charge < -0.3 is 18.8 Å². The van der Waals surface area contributed by atoms with Gasteiger partial charge in [0.2, 0.25) is 0 Å². The first-order chi connectivity index (χ1) is 11.6. The molecule has 0 amide bonds. The van der Waals surface area contributed by atoms with Crippen LogP contribution in [0.2, 0.25) is 0 Å². The lowest BCUT2D eigenvalue weighted by Gasteiger charge is -2.32. The van der Waals surface area contributed by atoms with Crippen LogP contribution < -0.4 is 9.47 Å². The number of benzene rings is 1. The van der Waals surface area contributed by atoms with Crippen LogP contribution in [0.3, 0.4) is 0 Å². The van der Waals surface area contributed by atoms with E-state index in [0.717, 1.165) is 36.8 Å². The van der Waals surface area contributed by atoms with Crippen molar-refractivity contribution < 1.29 is 14.2 Å². The van der Waals surface area contributed by atoms with E-state index in [0.29, 0.717) is 12.5 Å². The van der Waals surface area contributed by atoms with E-state index >= 15 is 0 Å². The largest absolute Gasteiger partial charge is 0.497 e. The van der Waals surface area contributed by atoms with Gasteiger partial charge in [-0.15, -0.1) is 0 Å². The van der Waals surface area contributed by atoms with Crippen molar-refractivity contribution in [3.63, 3.8) is 0 Å². The van der Waals surface area contributed by atoms with Crippen LogP contribution in [-0.4, -0.2) is 48.9 Å². The third-order valence-corrected chi connectivity index (χ3v) is 4.49. The number of nitrogens with zero attached hydrogens (tertiary/aromatic N) is 3. The summed E-state index contributed by atoms with van der Waals surface area (Å²) in [6.45, 7) is 3.31. The fourth-order valence-corrected chi connectivity index (χ4v) is 3.48. The normalized spacial score (nSPS) is 17.6. The summed E-state index contributed by atoms with van der Waals surface area (Å²) >= 11 is 0. The summed E-state index contributed by atoms with van der Waals surface area (Å²) in [5, 5.41) is 0. The number of ether oxygens (including phenoxy) is 3. The van der Waals surface area contributed by atoms with Gasteiger partial charge in [-0.3, -0.25) is 4.90 Å². The highest BCUT2D eigenvalue weighted by molar-refractivity contribution is 5.38. The smallest absolute Gasteiger partial charge is 0.122 e. The van der Waals surface area contributed by atoms with Gasteiger partial charge in [0.25, 0.3) is 0 Å². The molecule has 0 bridgehead atoms. The average Bonchev–Trinajstić information content (AvgIpc) is 2.96. The Morgan fingerprint density at radius 3 is 2.46 bits per heavy atom. The van der Waals surface area contributed by atoms with Gasteiger partial charge in [0.15, 0.2) is 0 Å². The van der Waals surface area contributed by atoms with Crippen LogP contribution in [0, 0.1) is 0 Å². The Morgan fingerprint density at radius 2 is 1.83 bits per heavy atom. The molecule has 130 valence electrons. The average molecular weight is 331 g/mol. The molecule has 2 heterocycles. The zero-order valence-corrected chi connectivity index (χ0v) is 14.8. The van der Waals surface area contributed by atoms with E-state index in [1.165, 1.54) is 11.3 Å². The Labute approximate surface area is 143 Å². The first-order valence-corrected chi connectivity index (χ1v) is 8.08. The summed E-state index contributed by atoms with van der Waals surface area (Å²) in [5.41, 5.74) is 3.60. The monoisotopic (exact) mass is 331 g/mol. The number of imidazole rings is 1. The summed E-state index contributed by atoms with van der Waals surface area (Å²) in [5.74, 6) is 1.96. The maximum absolute atomic E-state index is 5.43. The van der Waals surface area contributed by atoms with E-state index in [4.69, 9.17) is 14.2 Å². The Balaban J connectivity index is 1.81. The Hall–Kier alpha value is -2.05. The molecule has 0 saturated heterocycles. The SMILES string of the molecule is COC[C@H]1CN(Cc2cc(OC)cc(OC)c2)Cc2ncn(C)c21. The Morgan fingerprint density at radius 1 is 1.12 bits per heavy atom. The van der Waals surface area contributed by atoms with Crippen molar-refractivity contribution in [2.75, 3.05) is 34.5 Å². The lowest BCUT2D eigenvalue weighted by molar-refractivity contribution is 0.132. The lowest BCUT2D eigenvalue weighted by Crippen LogP contribution is -2.35. The van der Waals surface area contributed by atoms with E-state index in [-0.39, 0.29) is 0 Å². The van der Waals surface area contributed by atoms with E-state index in [2.05, 4.69) is 33.6 Å². The number of fused-ring (bicyclic) bond motifs is 1. The van der Waals surface area contributed by atoms with Crippen molar-refractivity contribution in [3.8, 4) is 11.5 Å². The van der Waals surface area contributed by atoms with Crippen molar-refractivity contribution in [2.24, 2.45) is 7.05 Å². The molecule has 1 aromatic heterocycles. The molecule has 1 aliphatic heterocycles. The van der Waals surface area contributed by atoms with Crippen molar-refractivity contribution >= 4 is 0 Å². The van der Waals surface area contributed by atoms with Crippen molar-refractivity contribution in [1.29, 1.82) is 0 Å². The molecule has 24 heavy (non-hydrogen) atoms. The quantitative estimate of drug-likeness (QED) is 0.812. The number of hydrogen-bond acceptors (Lipinski definition) is 5. The van der Waals surface area contributed by atoms with Gasteiger partial charge in [-0.05, 0) is 17.7 Å². The third-order valence-electron chi connectivity index (χ3n) is 4.49. The summed E-state index contributed by atoms with van der Waals surface area (Å²) in [6.07, 6.45) is 1.89. The van der Waals surface area contributed by atoms with Gasteiger partial charge in [0.05, 0.1) is 32.8 Å². The molecule has 1 aromatic carbocycles. The maximum atomic E-state index is 5.43. The molecule has 0 spiro atoms. The summed E-state index contributed by atoms with van der Waals surface area (Å²) in [4.78, 5) is 6.96. The van der Waals surface area contributed by atoms with Crippen LogP contribution in [0.1, 0.15) is 22.9 Å². The number of aryl methyl sites for hydroxylation is 1. The highest BCUT2D eigenvalue weighted by atomic mass is 16.5. The van der Waals surface area contributed by atoms with Gasteiger partial charge in [-0.2, -0.15) is 0 Å². The predicted molar refractivity (Wildman–Crippen MR) is 91.5 cm³/mol. The Bertz CT molecular complexity index is 677. The summed E-state index contributed by atoms with van der Waals surface area (Å²) in [7, 11) is 7.15. The molecular weight excluding hydrogens is 306 g/mol. The minimum Gasteiger partial charge on any atom is -0.497 e. The Kier molecular flexibility index (Phi) is 5.06. The van der Waals surface area contributed by atoms with Gasteiger partial charge in [0, 0.05) is 51.5 Å². The second-order valence-electron chi connectivity index (χ2n) is 6.23.